The molecular formula is C14H12FN3. The molecule has 0 amide bonds. The van der Waals surface area contributed by atoms with Crippen molar-refractivity contribution in [2.24, 2.45) is 0 Å². The fourth-order valence-electron chi connectivity index (χ4n) is 1.94. The van der Waals surface area contributed by atoms with E-state index in [0.717, 1.165) is 16.6 Å². The zero-order valence-corrected chi connectivity index (χ0v) is 9.57. The Hall–Kier alpha value is -2.49. The third kappa shape index (κ3) is 1.78. The van der Waals surface area contributed by atoms with Crippen molar-refractivity contribution in [2.45, 2.75) is 0 Å². The Kier molecular flexibility index (Phi) is 2.41. The summed E-state index contributed by atoms with van der Waals surface area (Å²) in [7, 11) is 0. The summed E-state index contributed by atoms with van der Waals surface area (Å²) < 4.78 is 13.3. The summed E-state index contributed by atoms with van der Waals surface area (Å²) in [6.45, 7) is 0. The van der Waals surface area contributed by atoms with E-state index in [0.29, 0.717) is 5.69 Å². The Labute approximate surface area is 103 Å². The molecule has 0 atom stereocenters. The molecule has 3 nitrogen and oxygen atoms in total. The van der Waals surface area contributed by atoms with Gasteiger partial charge in [0, 0.05) is 22.8 Å². The number of anilines is 3. The summed E-state index contributed by atoms with van der Waals surface area (Å²) in [6, 6.07) is 12.6. The van der Waals surface area contributed by atoms with Gasteiger partial charge in [-0.25, -0.2) is 4.39 Å². The Morgan fingerprint density at radius 3 is 2.78 bits per heavy atom. The average molecular weight is 241 g/mol. The highest BCUT2D eigenvalue weighted by molar-refractivity contribution is 5.94. The number of halogens is 1. The number of nitrogens with one attached hydrogen (secondary N) is 2. The molecule has 0 aliphatic rings. The van der Waals surface area contributed by atoms with Gasteiger partial charge in [0.25, 0.3) is 0 Å². The summed E-state index contributed by atoms with van der Waals surface area (Å²) in [5.41, 5.74) is 8.22. The fraction of sp³-hybridized carbons (Fsp3) is 0. The standard InChI is InChI=1S/C14H12FN3/c15-11-7-9(5-6-12(11)16)18-14-8-17-13-4-2-1-3-10(13)14/h1-8,17-18H,16H2. The lowest BCUT2D eigenvalue weighted by molar-refractivity contribution is 0.633. The number of rotatable bonds is 2. The van der Waals surface area contributed by atoms with Gasteiger partial charge in [0.2, 0.25) is 0 Å². The number of fused-ring (bicyclic) bond motifs is 1. The van der Waals surface area contributed by atoms with E-state index in [-0.39, 0.29) is 5.69 Å². The Morgan fingerprint density at radius 2 is 1.94 bits per heavy atom. The predicted molar refractivity (Wildman–Crippen MR) is 72.4 cm³/mol. The predicted octanol–water partition coefficient (Wildman–Crippen LogP) is 3.63. The third-order valence-electron chi connectivity index (χ3n) is 2.87. The van der Waals surface area contributed by atoms with Gasteiger partial charge in [-0.05, 0) is 24.3 Å². The first-order valence-corrected chi connectivity index (χ1v) is 5.62. The van der Waals surface area contributed by atoms with E-state index in [2.05, 4.69) is 10.3 Å². The molecule has 0 bridgehead atoms. The monoisotopic (exact) mass is 241 g/mol. The SMILES string of the molecule is Nc1ccc(Nc2c[nH]c3ccccc23)cc1F. The summed E-state index contributed by atoms with van der Waals surface area (Å²) >= 11 is 0. The highest BCUT2D eigenvalue weighted by atomic mass is 19.1. The Bertz CT molecular complexity index is 703. The molecule has 18 heavy (non-hydrogen) atoms. The minimum absolute atomic E-state index is 0.152. The highest BCUT2D eigenvalue weighted by Gasteiger charge is 2.04. The molecule has 0 radical (unpaired) electrons. The number of aromatic nitrogens is 1. The van der Waals surface area contributed by atoms with Crippen molar-refractivity contribution in [3.05, 3.63) is 54.5 Å². The third-order valence-corrected chi connectivity index (χ3v) is 2.87. The topological polar surface area (TPSA) is 53.8 Å². The van der Waals surface area contributed by atoms with Gasteiger partial charge in [-0.3, -0.25) is 0 Å². The lowest BCUT2D eigenvalue weighted by Crippen LogP contribution is -1.94. The van der Waals surface area contributed by atoms with Gasteiger partial charge in [-0.1, -0.05) is 18.2 Å². The maximum atomic E-state index is 13.3. The van der Waals surface area contributed by atoms with Crippen LogP contribution in [0.2, 0.25) is 0 Å². The molecule has 1 heterocycles. The van der Waals surface area contributed by atoms with Crippen LogP contribution in [0.5, 0.6) is 0 Å². The number of nitrogen functional groups attached to an aromatic ring is 1. The molecule has 0 aliphatic carbocycles. The molecule has 0 fully saturated rings. The minimum Gasteiger partial charge on any atom is -0.396 e. The molecule has 2 aromatic carbocycles. The van der Waals surface area contributed by atoms with Crippen LogP contribution >= 0.6 is 0 Å². The molecule has 0 spiro atoms. The second-order valence-corrected chi connectivity index (χ2v) is 4.11. The van der Waals surface area contributed by atoms with Crippen LogP contribution in [0, 0.1) is 5.82 Å². The van der Waals surface area contributed by atoms with Crippen LogP contribution in [0.15, 0.2) is 48.7 Å². The number of nitrogens with two attached hydrogens (primary N) is 1. The van der Waals surface area contributed by atoms with Gasteiger partial charge in [0.1, 0.15) is 5.82 Å². The fourth-order valence-corrected chi connectivity index (χ4v) is 1.94. The molecular weight excluding hydrogens is 229 g/mol. The molecule has 3 aromatic rings. The van der Waals surface area contributed by atoms with Crippen LogP contribution < -0.4 is 11.1 Å². The van der Waals surface area contributed by atoms with Crippen molar-refractivity contribution in [3.63, 3.8) is 0 Å². The first-order valence-electron chi connectivity index (χ1n) is 5.62. The molecule has 3 rings (SSSR count). The van der Waals surface area contributed by atoms with Crippen molar-refractivity contribution in [3.8, 4) is 0 Å². The zero-order valence-electron chi connectivity index (χ0n) is 9.57. The van der Waals surface area contributed by atoms with Gasteiger partial charge in [-0.2, -0.15) is 0 Å². The van der Waals surface area contributed by atoms with E-state index in [1.807, 2.05) is 30.5 Å². The first-order chi connectivity index (χ1) is 8.74. The molecule has 0 aliphatic heterocycles. The highest BCUT2D eigenvalue weighted by Crippen LogP contribution is 2.27. The molecule has 0 unspecified atom stereocenters. The van der Waals surface area contributed by atoms with Crippen LogP contribution in [0.3, 0.4) is 0 Å². The van der Waals surface area contributed by atoms with Gasteiger partial charge >= 0.3 is 0 Å². The lowest BCUT2D eigenvalue weighted by atomic mass is 10.2. The smallest absolute Gasteiger partial charge is 0.148 e. The van der Waals surface area contributed by atoms with E-state index < -0.39 is 5.82 Å². The zero-order chi connectivity index (χ0) is 12.5. The van der Waals surface area contributed by atoms with Gasteiger partial charge in [0.15, 0.2) is 0 Å². The quantitative estimate of drug-likeness (QED) is 0.600. The number of benzene rings is 2. The Morgan fingerprint density at radius 1 is 1.11 bits per heavy atom. The van der Waals surface area contributed by atoms with Crippen LogP contribution in [0.25, 0.3) is 10.9 Å². The van der Waals surface area contributed by atoms with Crippen molar-refractivity contribution in [1.29, 1.82) is 0 Å². The number of hydrogen-bond donors (Lipinski definition) is 3. The second-order valence-electron chi connectivity index (χ2n) is 4.11. The van der Waals surface area contributed by atoms with Gasteiger partial charge < -0.3 is 16.0 Å². The molecule has 4 N–H and O–H groups in total. The number of para-hydroxylation sites is 1. The molecule has 90 valence electrons. The van der Waals surface area contributed by atoms with Crippen molar-refractivity contribution in [2.75, 3.05) is 11.1 Å². The van der Waals surface area contributed by atoms with Gasteiger partial charge in [0.05, 0.1) is 11.4 Å². The number of aromatic amines is 1. The van der Waals surface area contributed by atoms with Crippen LogP contribution in [-0.2, 0) is 0 Å². The van der Waals surface area contributed by atoms with E-state index >= 15 is 0 Å². The van der Waals surface area contributed by atoms with Crippen LogP contribution in [-0.4, -0.2) is 4.98 Å². The second kappa shape index (κ2) is 4.07. The first kappa shape index (κ1) is 10.7. The summed E-state index contributed by atoms with van der Waals surface area (Å²) in [5.74, 6) is -0.417. The largest absolute Gasteiger partial charge is 0.396 e. The molecule has 0 saturated carbocycles. The van der Waals surface area contributed by atoms with E-state index in [4.69, 9.17) is 5.73 Å². The average Bonchev–Trinajstić information content (AvgIpc) is 2.78. The van der Waals surface area contributed by atoms with E-state index in [1.165, 1.54) is 6.07 Å². The van der Waals surface area contributed by atoms with Crippen LogP contribution in [0.4, 0.5) is 21.5 Å². The molecule has 1 aromatic heterocycles. The molecule has 4 heteroatoms. The van der Waals surface area contributed by atoms with E-state index in [9.17, 15) is 4.39 Å². The number of H-pyrrole nitrogens is 1. The number of hydrogen-bond acceptors (Lipinski definition) is 2. The summed E-state index contributed by atoms with van der Waals surface area (Å²) in [6.07, 6.45) is 1.86. The summed E-state index contributed by atoms with van der Waals surface area (Å²) in [4.78, 5) is 3.15. The van der Waals surface area contributed by atoms with Crippen molar-refractivity contribution >= 4 is 28.0 Å². The van der Waals surface area contributed by atoms with Crippen LogP contribution in [0.1, 0.15) is 0 Å². The van der Waals surface area contributed by atoms with Crippen molar-refractivity contribution in [1.82, 2.24) is 4.98 Å². The van der Waals surface area contributed by atoms with E-state index in [1.54, 1.807) is 12.1 Å². The Balaban J connectivity index is 1.98. The van der Waals surface area contributed by atoms with Gasteiger partial charge in [-0.15, -0.1) is 0 Å². The molecule has 0 saturated heterocycles. The van der Waals surface area contributed by atoms with Crippen molar-refractivity contribution < 1.29 is 4.39 Å². The minimum atomic E-state index is -0.417. The maximum absolute atomic E-state index is 13.3. The summed E-state index contributed by atoms with van der Waals surface area (Å²) in [5, 5.41) is 4.23. The maximum Gasteiger partial charge on any atom is 0.148 e. The lowest BCUT2D eigenvalue weighted by Gasteiger charge is -2.06. The normalized spacial score (nSPS) is 10.7.